The number of hydrogen-bond donors (Lipinski definition) is 0. The first-order valence-electron chi connectivity index (χ1n) is 4.71. The lowest BCUT2D eigenvalue weighted by Crippen LogP contribution is -2.46. The maximum atomic E-state index is 5.53. The van der Waals surface area contributed by atoms with Crippen LogP contribution in [0.2, 0.25) is 0 Å². The van der Waals surface area contributed by atoms with E-state index in [-0.39, 0.29) is 5.41 Å². The van der Waals surface area contributed by atoms with Gasteiger partial charge in [-0.1, -0.05) is 13.8 Å². The fraction of sp³-hybridized carbons (Fsp3) is 0.778. The quantitative estimate of drug-likeness (QED) is 0.707. The number of ether oxygens (including phenoxy) is 1. The zero-order chi connectivity index (χ0) is 9.31. The highest BCUT2D eigenvalue weighted by atomic mass is 16.5. The predicted octanol–water partition coefficient (Wildman–Crippen LogP) is 1.31. The molecule has 72 valence electrons. The highest BCUT2D eigenvalue weighted by Gasteiger charge is 2.43. The molecule has 1 aliphatic heterocycles. The standard InChI is InChI=1S/C9H14N2O2/c1-3-7-10-11-8(13-7)9(4-2)5-12-6-9/h3-6H2,1-2H3. The first-order chi connectivity index (χ1) is 6.30. The van der Waals surface area contributed by atoms with Crippen molar-refractivity contribution in [2.24, 2.45) is 0 Å². The minimum atomic E-state index is 0.0143. The smallest absolute Gasteiger partial charge is 0.227 e. The zero-order valence-electron chi connectivity index (χ0n) is 8.04. The molecule has 2 heterocycles. The zero-order valence-corrected chi connectivity index (χ0v) is 8.04. The Balaban J connectivity index is 2.23. The second-order valence-corrected chi connectivity index (χ2v) is 3.48. The molecule has 1 saturated heterocycles. The van der Waals surface area contributed by atoms with Crippen molar-refractivity contribution in [2.75, 3.05) is 13.2 Å². The van der Waals surface area contributed by atoms with E-state index in [1.54, 1.807) is 0 Å². The molecule has 1 aliphatic rings. The summed E-state index contributed by atoms with van der Waals surface area (Å²) in [5, 5.41) is 8.01. The third-order valence-corrected chi connectivity index (χ3v) is 2.66. The second-order valence-electron chi connectivity index (χ2n) is 3.48. The van der Waals surface area contributed by atoms with Crippen LogP contribution in [0, 0.1) is 0 Å². The minimum Gasteiger partial charge on any atom is -0.425 e. The molecule has 0 aliphatic carbocycles. The number of nitrogens with zero attached hydrogens (tertiary/aromatic N) is 2. The molecular formula is C9H14N2O2. The lowest BCUT2D eigenvalue weighted by molar-refractivity contribution is -0.0749. The highest BCUT2D eigenvalue weighted by Crippen LogP contribution is 2.34. The summed E-state index contributed by atoms with van der Waals surface area (Å²) in [6, 6.07) is 0. The van der Waals surface area contributed by atoms with Crippen LogP contribution in [0.5, 0.6) is 0 Å². The number of rotatable bonds is 3. The first-order valence-corrected chi connectivity index (χ1v) is 4.71. The van der Waals surface area contributed by atoms with E-state index in [2.05, 4.69) is 17.1 Å². The van der Waals surface area contributed by atoms with E-state index in [9.17, 15) is 0 Å². The summed E-state index contributed by atoms with van der Waals surface area (Å²) >= 11 is 0. The summed E-state index contributed by atoms with van der Waals surface area (Å²) in [6.07, 6.45) is 1.80. The van der Waals surface area contributed by atoms with E-state index in [4.69, 9.17) is 9.15 Å². The van der Waals surface area contributed by atoms with E-state index in [1.165, 1.54) is 0 Å². The van der Waals surface area contributed by atoms with E-state index in [1.807, 2.05) is 6.92 Å². The lowest BCUT2D eigenvalue weighted by atomic mass is 9.83. The average molecular weight is 182 g/mol. The Morgan fingerprint density at radius 2 is 2.08 bits per heavy atom. The average Bonchev–Trinajstić information content (AvgIpc) is 2.52. The topological polar surface area (TPSA) is 48.2 Å². The molecule has 4 heteroatoms. The molecule has 0 atom stereocenters. The Labute approximate surface area is 77.3 Å². The Kier molecular flexibility index (Phi) is 2.07. The SMILES string of the molecule is CCc1nnc(C2(CC)COC2)o1. The molecule has 0 saturated carbocycles. The van der Waals surface area contributed by atoms with Gasteiger partial charge in [0, 0.05) is 6.42 Å². The van der Waals surface area contributed by atoms with Crippen LogP contribution in [0.1, 0.15) is 32.0 Å². The van der Waals surface area contributed by atoms with Crippen molar-refractivity contribution in [3.63, 3.8) is 0 Å². The van der Waals surface area contributed by atoms with Gasteiger partial charge in [0.15, 0.2) is 0 Å². The second kappa shape index (κ2) is 3.10. The summed E-state index contributed by atoms with van der Waals surface area (Å²) in [5.74, 6) is 1.47. The molecular weight excluding hydrogens is 168 g/mol. The summed E-state index contributed by atoms with van der Waals surface area (Å²) < 4.78 is 10.7. The Bertz CT molecular complexity index is 286. The summed E-state index contributed by atoms with van der Waals surface area (Å²) in [5.41, 5.74) is 0.0143. The van der Waals surface area contributed by atoms with E-state index in [0.29, 0.717) is 0 Å². The molecule has 4 nitrogen and oxygen atoms in total. The summed E-state index contributed by atoms with van der Waals surface area (Å²) in [7, 11) is 0. The molecule has 0 spiro atoms. The third-order valence-electron chi connectivity index (χ3n) is 2.66. The third kappa shape index (κ3) is 1.25. The van der Waals surface area contributed by atoms with Crippen LogP contribution in [0.4, 0.5) is 0 Å². The highest BCUT2D eigenvalue weighted by molar-refractivity contribution is 5.08. The number of hydrogen-bond acceptors (Lipinski definition) is 4. The molecule has 0 amide bonds. The van der Waals surface area contributed by atoms with Crippen molar-refractivity contribution in [2.45, 2.75) is 32.1 Å². The van der Waals surface area contributed by atoms with Gasteiger partial charge >= 0.3 is 0 Å². The van der Waals surface area contributed by atoms with Crippen LogP contribution in [-0.4, -0.2) is 23.4 Å². The Morgan fingerprint density at radius 3 is 2.46 bits per heavy atom. The van der Waals surface area contributed by atoms with Gasteiger partial charge in [0.1, 0.15) is 0 Å². The van der Waals surface area contributed by atoms with Gasteiger partial charge in [0.2, 0.25) is 11.8 Å². The van der Waals surface area contributed by atoms with Crippen molar-refractivity contribution >= 4 is 0 Å². The van der Waals surface area contributed by atoms with Gasteiger partial charge in [0.25, 0.3) is 0 Å². The van der Waals surface area contributed by atoms with Crippen molar-refractivity contribution in [3.05, 3.63) is 11.8 Å². The van der Waals surface area contributed by atoms with Gasteiger partial charge in [-0.25, -0.2) is 0 Å². The van der Waals surface area contributed by atoms with Gasteiger partial charge in [0.05, 0.1) is 18.6 Å². The minimum absolute atomic E-state index is 0.0143. The first kappa shape index (κ1) is 8.69. The van der Waals surface area contributed by atoms with Crippen molar-refractivity contribution < 1.29 is 9.15 Å². The molecule has 1 aromatic rings. The predicted molar refractivity (Wildman–Crippen MR) is 46.5 cm³/mol. The normalized spacial score (nSPS) is 19.8. The van der Waals surface area contributed by atoms with Crippen LogP contribution in [0.3, 0.4) is 0 Å². The van der Waals surface area contributed by atoms with Gasteiger partial charge < -0.3 is 9.15 Å². The van der Waals surface area contributed by atoms with Crippen LogP contribution >= 0.6 is 0 Å². The monoisotopic (exact) mass is 182 g/mol. The molecule has 1 fully saturated rings. The molecule has 0 N–H and O–H groups in total. The lowest BCUT2D eigenvalue weighted by Gasteiger charge is -2.37. The van der Waals surface area contributed by atoms with E-state index < -0.39 is 0 Å². The molecule has 2 rings (SSSR count). The summed E-state index contributed by atoms with van der Waals surface area (Å²) in [4.78, 5) is 0. The molecule has 0 aromatic carbocycles. The maximum Gasteiger partial charge on any atom is 0.227 e. The van der Waals surface area contributed by atoms with Crippen LogP contribution < -0.4 is 0 Å². The summed E-state index contributed by atoms with van der Waals surface area (Å²) in [6.45, 7) is 5.56. The fourth-order valence-electron chi connectivity index (χ4n) is 1.44. The fourth-order valence-corrected chi connectivity index (χ4v) is 1.44. The largest absolute Gasteiger partial charge is 0.425 e. The molecule has 13 heavy (non-hydrogen) atoms. The number of aryl methyl sites for hydroxylation is 1. The van der Waals surface area contributed by atoms with Crippen LogP contribution in [0.15, 0.2) is 4.42 Å². The van der Waals surface area contributed by atoms with Gasteiger partial charge in [-0.15, -0.1) is 10.2 Å². The van der Waals surface area contributed by atoms with Gasteiger partial charge in [-0.3, -0.25) is 0 Å². The molecule has 0 unspecified atom stereocenters. The van der Waals surface area contributed by atoms with Crippen LogP contribution in [0.25, 0.3) is 0 Å². The van der Waals surface area contributed by atoms with Gasteiger partial charge in [-0.05, 0) is 6.42 Å². The van der Waals surface area contributed by atoms with E-state index in [0.717, 1.165) is 37.8 Å². The maximum absolute atomic E-state index is 5.53. The van der Waals surface area contributed by atoms with Gasteiger partial charge in [-0.2, -0.15) is 0 Å². The molecule has 1 aromatic heterocycles. The molecule has 0 bridgehead atoms. The van der Waals surface area contributed by atoms with E-state index >= 15 is 0 Å². The Morgan fingerprint density at radius 1 is 1.31 bits per heavy atom. The van der Waals surface area contributed by atoms with Crippen molar-refractivity contribution in [1.29, 1.82) is 0 Å². The van der Waals surface area contributed by atoms with Crippen molar-refractivity contribution in [3.8, 4) is 0 Å². The number of aromatic nitrogens is 2. The Hall–Kier alpha value is -0.900. The van der Waals surface area contributed by atoms with Crippen molar-refractivity contribution in [1.82, 2.24) is 10.2 Å². The van der Waals surface area contributed by atoms with Crippen LogP contribution in [-0.2, 0) is 16.6 Å². The molecule has 0 radical (unpaired) electrons.